The molecular formula is C51H99NO7P+. The zero-order valence-electron chi connectivity index (χ0n) is 40.2. The summed E-state index contributed by atoms with van der Waals surface area (Å²) >= 11 is 0. The van der Waals surface area contributed by atoms with Crippen molar-refractivity contribution in [3.8, 4) is 0 Å². The number of hydrogen-bond acceptors (Lipinski definition) is 6. The van der Waals surface area contributed by atoms with Gasteiger partial charge in [0.15, 0.2) is 0 Å². The third-order valence-electron chi connectivity index (χ3n) is 11.0. The number of nitrogens with zero attached hydrogens (tertiary/aromatic N) is 1. The van der Waals surface area contributed by atoms with E-state index >= 15 is 0 Å². The van der Waals surface area contributed by atoms with Gasteiger partial charge in [-0.05, 0) is 51.4 Å². The second-order valence-corrected chi connectivity index (χ2v) is 19.7. The largest absolute Gasteiger partial charge is 0.472 e. The molecular weight excluding hydrogens is 770 g/mol. The third-order valence-corrected chi connectivity index (χ3v) is 11.9. The molecule has 0 radical (unpaired) electrons. The number of quaternary nitrogens is 1. The Morgan fingerprint density at radius 1 is 0.517 bits per heavy atom. The van der Waals surface area contributed by atoms with Crippen LogP contribution >= 0.6 is 7.82 Å². The predicted octanol–water partition coefficient (Wildman–Crippen LogP) is 15.3. The standard InChI is InChI=1S/C51H98NO7P/c1-6-8-10-12-14-16-18-20-21-22-23-24-25-26-27-28-29-30-31-32-34-36-38-40-42-44-51(53)59-50(49-58-60(54,55)57-47-45-52(3,4)5)48-56-46-43-41-39-37-35-33-19-17-15-13-11-9-7-2/h18,20,22-23,25-26,50H,6-17,19,21,24,27-49H2,1-5H3/p+1/b20-18-,23-22-,26-25-. The number of phosphoric ester groups is 1. The molecule has 0 aliphatic heterocycles. The van der Waals surface area contributed by atoms with E-state index in [2.05, 4.69) is 50.3 Å². The number of carbonyl (C=O) groups is 1. The summed E-state index contributed by atoms with van der Waals surface area (Å²) in [7, 11) is 1.67. The fourth-order valence-corrected chi connectivity index (χ4v) is 7.77. The van der Waals surface area contributed by atoms with E-state index < -0.39 is 13.9 Å². The summed E-state index contributed by atoms with van der Waals surface area (Å²) in [6, 6.07) is 0. The van der Waals surface area contributed by atoms with Gasteiger partial charge in [-0.3, -0.25) is 13.8 Å². The van der Waals surface area contributed by atoms with E-state index in [1.165, 1.54) is 161 Å². The molecule has 0 spiro atoms. The van der Waals surface area contributed by atoms with Crippen molar-refractivity contribution in [2.45, 2.75) is 232 Å². The first kappa shape index (κ1) is 58.7. The van der Waals surface area contributed by atoms with Gasteiger partial charge in [0.1, 0.15) is 19.3 Å². The predicted molar refractivity (Wildman–Crippen MR) is 256 cm³/mol. The van der Waals surface area contributed by atoms with Crippen LogP contribution in [-0.4, -0.2) is 75.6 Å². The Labute approximate surface area is 372 Å². The first-order valence-corrected chi connectivity index (χ1v) is 26.7. The minimum absolute atomic E-state index is 0.0890. The third kappa shape index (κ3) is 47.8. The highest BCUT2D eigenvalue weighted by molar-refractivity contribution is 7.47. The lowest BCUT2D eigenvalue weighted by atomic mass is 10.0. The Hall–Kier alpha value is -1.28. The van der Waals surface area contributed by atoms with Gasteiger partial charge in [0.2, 0.25) is 0 Å². The molecule has 0 fully saturated rings. The van der Waals surface area contributed by atoms with Crippen LogP contribution in [0.15, 0.2) is 36.5 Å². The smallest absolute Gasteiger partial charge is 0.457 e. The molecule has 0 aromatic rings. The van der Waals surface area contributed by atoms with Gasteiger partial charge >= 0.3 is 13.8 Å². The Morgan fingerprint density at radius 2 is 0.917 bits per heavy atom. The monoisotopic (exact) mass is 869 g/mol. The van der Waals surface area contributed by atoms with Gasteiger partial charge in [-0.25, -0.2) is 4.57 Å². The van der Waals surface area contributed by atoms with Crippen molar-refractivity contribution in [3.63, 3.8) is 0 Å². The van der Waals surface area contributed by atoms with E-state index in [0.717, 1.165) is 44.9 Å². The van der Waals surface area contributed by atoms with Gasteiger partial charge in [0.25, 0.3) is 0 Å². The maximum Gasteiger partial charge on any atom is 0.472 e. The van der Waals surface area contributed by atoms with Crippen LogP contribution in [0.4, 0.5) is 0 Å². The minimum Gasteiger partial charge on any atom is -0.457 e. The number of phosphoric acid groups is 1. The molecule has 8 nitrogen and oxygen atoms in total. The molecule has 0 aromatic carbocycles. The number of hydrogen-bond donors (Lipinski definition) is 1. The van der Waals surface area contributed by atoms with Gasteiger partial charge in [-0.2, -0.15) is 0 Å². The summed E-state index contributed by atoms with van der Waals surface area (Å²) in [6.45, 7) is 5.64. The highest BCUT2D eigenvalue weighted by atomic mass is 31.2. The fraction of sp³-hybridized carbons (Fsp3) is 0.863. The maximum absolute atomic E-state index is 12.7. The van der Waals surface area contributed by atoms with E-state index in [1.54, 1.807) is 0 Å². The Morgan fingerprint density at radius 3 is 1.37 bits per heavy atom. The van der Waals surface area contributed by atoms with Crippen molar-refractivity contribution in [2.24, 2.45) is 0 Å². The number of ether oxygens (including phenoxy) is 2. The summed E-state index contributed by atoms with van der Waals surface area (Å²) in [5.41, 5.74) is 0. The van der Waals surface area contributed by atoms with Gasteiger partial charge < -0.3 is 18.9 Å². The molecule has 0 aromatic heterocycles. The number of rotatable bonds is 47. The van der Waals surface area contributed by atoms with Crippen molar-refractivity contribution in [2.75, 3.05) is 54.1 Å². The maximum atomic E-state index is 12.7. The van der Waals surface area contributed by atoms with Gasteiger partial charge in [0.05, 0.1) is 34.4 Å². The van der Waals surface area contributed by atoms with Gasteiger partial charge in [-0.1, -0.05) is 204 Å². The summed E-state index contributed by atoms with van der Waals surface area (Å²) in [5, 5.41) is 0. The molecule has 0 heterocycles. The van der Waals surface area contributed by atoms with E-state index in [1.807, 2.05) is 21.1 Å². The molecule has 2 atom stereocenters. The van der Waals surface area contributed by atoms with Crippen LogP contribution in [0.3, 0.4) is 0 Å². The van der Waals surface area contributed by atoms with Gasteiger partial charge in [0, 0.05) is 13.0 Å². The topological polar surface area (TPSA) is 91.3 Å². The molecule has 354 valence electrons. The van der Waals surface area contributed by atoms with Crippen molar-refractivity contribution in [3.05, 3.63) is 36.5 Å². The first-order valence-electron chi connectivity index (χ1n) is 25.2. The van der Waals surface area contributed by atoms with Crippen LogP contribution in [-0.2, 0) is 27.9 Å². The zero-order valence-corrected chi connectivity index (χ0v) is 41.1. The van der Waals surface area contributed by atoms with Crippen LogP contribution in [0.25, 0.3) is 0 Å². The number of allylic oxidation sites excluding steroid dienone is 6. The second-order valence-electron chi connectivity index (χ2n) is 18.2. The normalized spacial score (nSPS) is 13.9. The molecule has 0 bridgehead atoms. The zero-order chi connectivity index (χ0) is 44.1. The molecule has 9 heteroatoms. The molecule has 2 unspecified atom stereocenters. The Kier molecular flexibility index (Phi) is 43.4. The number of esters is 1. The lowest BCUT2D eigenvalue weighted by molar-refractivity contribution is -0.870. The van der Waals surface area contributed by atoms with E-state index in [-0.39, 0.29) is 25.8 Å². The summed E-state index contributed by atoms with van der Waals surface area (Å²) < 4.78 is 35.1. The average molecular weight is 869 g/mol. The van der Waals surface area contributed by atoms with Crippen molar-refractivity contribution < 1.29 is 37.3 Å². The van der Waals surface area contributed by atoms with Crippen LogP contribution in [0.5, 0.6) is 0 Å². The van der Waals surface area contributed by atoms with Crippen LogP contribution < -0.4 is 0 Å². The van der Waals surface area contributed by atoms with Crippen LogP contribution in [0.2, 0.25) is 0 Å². The average Bonchev–Trinajstić information content (AvgIpc) is 3.20. The highest BCUT2D eigenvalue weighted by Crippen LogP contribution is 2.43. The van der Waals surface area contributed by atoms with Crippen molar-refractivity contribution in [1.29, 1.82) is 0 Å². The van der Waals surface area contributed by atoms with E-state index in [9.17, 15) is 14.3 Å². The molecule has 60 heavy (non-hydrogen) atoms. The Bertz CT molecular complexity index is 1060. The molecule has 0 aliphatic carbocycles. The van der Waals surface area contributed by atoms with Gasteiger partial charge in [-0.15, -0.1) is 0 Å². The number of likely N-dealkylation sites (N-methyl/N-ethyl adjacent to an activating group) is 1. The fourth-order valence-electron chi connectivity index (χ4n) is 7.03. The summed E-state index contributed by atoms with van der Waals surface area (Å²) in [6.07, 6.45) is 53.3. The SMILES string of the molecule is CCCCCCC/C=C\C/C=C\C/C=C\CCCCCCCCCCCCC(=O)OC(COCCCCCCCCCCCCCCC)COP(=O)(O)OCC[N+](C)(C)C. The molecule has 1 N–H and O–H groups in total. The summed E-state index contributed by atoms with van der Waals surface area (Å²) in [4.78, 5) is 23.0. The molecule has 0 rings (SSSR count). The van der Waals surface area contributed by atoms with E-state index in [0.29, 0.717) is 24.1 Å². The van der Waals surface area contributed by atoms with Crippen molar-refractivity contribution in [1.82, 2.24) is 0 Å². The highest BCUT2D eigenvalue weighted by Gasteiger charge is 2.26. The van der Waals surface area contributed by atoms with Crippen molar-refractivity contribution >= 4 is 13.8 Å². The van der Waals surface area contributed by atoms with Crippen LogP contribution in [0, 0.1) is 0 Å². The van der Waals surface area contributed by atoms with Crippen LogP contribution in [0.1, 0.15) is 226 Å². The molecule has 0 aliphatic rings. The first-order chi connectivity index (χ1) is 29.1. The van der Waals surface area contributed by atoms with E-state index in [4.69, 9.17) is 18.5 Å². The quantitative estimate of drug-likeness (QED) is 0.0214. The Balaban J connectivity index is 4.10. The molecule has 0 saturated carbocycles. The second kappa shape index (κ2) is 44.3. The molecule has 0 saturated heterocycles. The number of carbonyl (C=O) groups excluding carboxylic acids is 1. The molecule has 0 amide bonds. The number of unbranched alkanes of at least 4 members (excludes halogenated alkanes) is 27. The summed E-state index contributed by atoms with van der Waals surface area (Å²) in [5.74, 6) is -0.315. The lowest BCUT2D eigenvalue weighted by Crippen LogP contribution is -2.37. The minimum atomic E-state index is -4.28. The lowest BCUT2D eigenvalue weighted by Gasteiger charge is -2.24.